The van der Waals surface area contributed by atoms with Crippen molar-refractivity contribution in [2.24, 2.45) is 0 Å². The summed E-state index contributed by atoms with van der Waals surface area (Å²) in [5.41, 5.74) is 1.59. The maximum absolute atomic E-state index is 13.3. The van der Waals surface area contributed by atoms with Crippen LogP contribution in [0, 0.1) is 5.82 Å². The number of anilines is 1. The van der Waals surface area contributed by atoms with Crippen molar-refractivity contribution in [3.8, 4) is 0 Å². The predicted molar refractivity (Wildman–Crippen MR) is 78.1 cm³/mol. The highest BCUT2D eigenvalue weighted by atomic mass is 19.1. The van der Waals surface area contributed by atoms with E-state index < -0.39 is 6.10 Å². The number of benzene rings is 1. The molecule has 0 bridgehead atoms. The fraction of sp³-hybridized carbons (Fsp3) is 0.600. The lowest BCUT2D eigenvalue weighted by molar-refractivity contribution is 0.199. The van der Waals surface area contributed by atoms with Crippen molar-refractivity contribution in [2.45, 2.75) is 26.4 Å². The zero-order valence-corrected chi connectivity index (χ0v) is 12.4. The van der Waals surface area contributed by atoms with Crippen LogP contribution in [0.1, 0.15) is 31.9 Å². The Kier molecular flexibility index (Phi) is 6.25. The summed E-state index contributed by atoms with van der Waals surface area (Å²) in [7, 11) is 4.06. The third-order valence-corrected chi connectivity index (χ3v) is 3.09. The summed E-state index contributed by atoms with van der Waals surface area (Å²) in [6, 6.07) is 4.65. The lowest BCUT2D eigenvalue weighted by Gasteiger charge is -2.29. The van der Waals surface area contributed by atoms with E-state index in [1.807, 2.05) is 14.1 Å². The number of aliphatic hydroxyl groups excluding tert-OH is 1. The van der Waals surface area contributed by atoms with Gasteiger partial charge in [0.2, 0.25) is 0 Å². The standard InChI is InChI=1S/C15H25FN2O/c1-5-8-18(10-9-17(3)4)15-7-6-13(16)11-14(15)12(2)19/h6-7,11-12,19H,5,8-10H2,1-4H3. The molecule has 1 N–H and O–H groups in total. The van der Waals surface area contributed by atoms with Crippen LogP contribution in [-0.4, -0.2) is 43.7 Å². The molecule has 1 unspecified atom stereocenters. The maximum atomic E-state index is 13.3. The number of rotatable bonds is 7. The molecule has 0 fully saturated rings. The Hall–Kier alpha value is -1.13. The zero-order valence-electron chi connectivity index (χ0n) is 12.4. The van der Waals surface area contributed by atoms with E-state index in [0.29, 0.717) is 5.56 Å². The molecule has 0 amide bonds. The van der Waals surface area contributed by atoms with Gasteiger partial charge in [0.15, 0.2) is 0 Å². The molecular weight excluding hydrogens is 243 g/mol. The molecule has 1 atom stereocenters. The second-order valence-electron chi connectivity index (χ2n) is 5.17. The van der Waals surface area contributed by atoms with Gasteiger partial charge in [0.05, 0.1) is 6.10 Å². The van der Waals surface area contributed by atoms with Crippen molar-refractivity contribution >= 4 is 5.69 Å². The van der Waals surface area contributed by atoms with Crippen LogP contribution in [0.15, 0.2) is 18.2 Å². The minimum absolute atomic E-state index is 0.302. The molecule has 1 rings (SSSR count). The Morgan fingerprint density at radius 2 is 1.89 bits per heavy atom. The molecule has 1 aromatic rings. The molecule has 108 valence electrons. The Balaban J connectivity index is 3.00. The van der Waals surface area contributed by atoms with Gasteiger partial charge in [-0.2, -0.15) is 0 Å². The van der Waals surface area contributed by atoms with E-state index in [4.69, 9.17) is 0 Å². The van der Waals surface area contributed by atoms with Crippen molar-refractivity contribution in [3.05, 3.63) is 29.6 Å². The lowest BCUT2D eigenvalue weighted by atomic mass is 10.1. The topological polar surface area (TPSA) is 26.7 Å². The molecule has 0 aliphatic rings. The minimum atomic E-state index is -0.663. The van der Waals surface area contributed by atoms with Crippen molar-refractivity contribution in [3.63, 3.8) is 0 Å². The van der Waals surface area contributed by atoms with E-state index in [1.54, 1.807) is 13.0 Å². The van der Waals surface area contributed by atoms with Crippen LogP contribution in [0.4, 0.5) is 10.1 Å². The molecule has 1 aromatic carbocycles. The molecule has 19 heavy (non-hydrogen) atoms. The molecule has 0 heterocycles. The summed E-state index contributed by atoms with van der Waals surface area (Å²) in [5, 5.41) is 9.82. The first kappa shape index (κ1) is 15.9. The molecule has 0 aromatic heterocycles. The molecule has 3 nitrogen and oxygen atoms in total. The fourth-order valence-electron chi connectivity index (χ4n) is 2.09. The normalized spacial score (nSPS) is 12.8. The van der Waals surface area contributed by atoms with Gasteiger partial charge in [-0.15, -0.1) is 0 Å². The highest BCUT2D eigenvalue weighted by molar-refractivity contribution is 5.54. The molecule has 0 radical (unpaired) electrons. The van der Waals surface area contributed by atoms with Gasteiger partial charge in [-0.3, -0.25) is 0 Å². The SMILES string of the molecule is CCCN(CCN(C)C)c1ccc(F)cc1C(C)O. The summed E-state index contributed by atoms with van der Waals surface area (Å²) < 4.78 is 13.3. The van der Waals surface area contributed by atoms with Gasteiger partial charge in [0.1, 0.15) is 5.82 Å². The van der Waals surface area contributed by atoms with Crippen LogP contribution in [0.5, 0.6) is 0 Å². The highest BCUT2D eigenvalue weighted by Crippen LogP contribution is 2.27. The van der Waals surface area contributed by atoms with Crippen LogP contribution in [0.3, 0.4) is 0 Å². The average Bonchev–Trinajstić information content (AvgIpc) is 2.34. The van der Waals surface area contributed by atoms with E-state index in [-0.39, 0.29) is 5.82 Å². The molecule has 0 aliphatic carbocycles. The first-order chi connectivity index (χ1) is 8.95. The third kappa shape index (κ3) is 4.80. The number of hydrogen-bond acceptors (Lipinski definition) is 3. The number of nitrogens with zero attached hydrogens (tertiary/aromatic N) is 2. The molecule has 4 heteroatoms. The van der Waals surface area contributed by atoms with Gasteiger partial charge in [-0.05, 0) is 45.6 Å². The van der Waals surface area contributed by atoms with Crippen molar-refractivity contribution in [2.75, 3.05) is 38.6 Å². The Morgan fingerprint density at radius 3 is 2.42 bits per heavy atom. The van der Waals surface area contributed by atoms with Crippen LogP contribution in [-0.2, 0) is 0 Å². The predicted octanol–water partition coefficient (Wildman–Crippen LogP) is 2.66. The van der Waals surface area contributed by atoms with Crippen LogP contribution in [0.2, 0.25) is 0 Å². The first-order valence-electron chi connectivity index (χ1n) is 6.83. The molecule has 0 spiro atoms. The minimum Gasteiger partial charge on any atom is -0.389 e. The summed E-state index contributed by atoms with van der Waals surface area (Å²) in [4.78, 5) is 4.33. The van der Waals surface area contributed by atoms with E-state index in [0.717, 1.165) is 31.7 Å². The number of hydrogen-bond donors (Lipinski definition) is 1. The Labute approximate surface area is 115 Å². The van der Waals surface area contributed by atoms with Crippen LogP contribution >= 0.6 is 0 Å². The summed E-state index contributed by atoms with van der Waals surface area (Å²) in [6.07, 6.45) is 0.355. The van der Waals surface area contributed by atoms with Crippen LogP contribution < -0.4 is 4.90 Å². The van der Waals surface area contributed by atoms with Gasteiger partial charge in [0, 0.05) is 30.9 Å². The second kappa shape index (κ2) is 7.46. The fourth-order valence-corrected chi connectivity index (χ4v) is 2.09. The number of aliphatic hydroxyl groups is 1. The van der Waals surface area contributed by atoms with Gasteiger partial charge < -0.3 is 14.9 Å². The quantitative estimate of drug-likeness (QED) is 0.823. The molecule has 0 aliphatic heterocycles. The van der Waals surface area contributed by atoms with Gasteiger partial charge in [-0.25, -0.2) is 4.39 Å². The lowest BCUT2D eigenvalue weighted by Crippen LogP contribution is -2.33. The van der Waals surface area contributed by atoms with Gasteiger partial charge in [0.25, 0.3) is 0 Å². The van der Waals surface area contributed by atoms with E-state index in [1.165, 1.54) is 12.1 Å². The third-order valence-electron chi connectivity index (χ3n) is 3.09. The Bertz CT molecular complexity index is 394. The zero-order chi connectivity index (χ0) is 14.4. The van der Waals surface area contributed by atoms with Crippen LogP contribution in [0.25, 0.3) is 0 Å². The molecular formula is C15H25FN2O. The Morgan fingerprint density at radius 1 is 1.21 bits per heavy atom. The second-order valence-corrected chi connectivity index (χ2v) is 5.17. The van der Waals surface area contributed by atoms with Crippen molar-refractivity contribution in [1.29, 1.82) is 0 Å². The number of likely N-dealkylation sites (N-methyl/N-ethyl adjacent to an activating group) is 1. The number of halogens is 1. The van der Waals surface area contributed by atoms with E-state index in [9.17, 15) is 9.50 Å². The molecule has 0 saturated carbocycles. The highest BCUT2D eigenvalue weighted by Gasteiger charge is 2.15. The smallest absolute Gasteiger partial charge is 0.123 e. The van der Waals surface area contributed by atoms with Crippen molar-refractivity contribution in [1.82, 2.24) is 4.90 Å². The summed E-state index contributed by atoms with van der Waals surface area (Å²) in [6.45, 7) is 6.49. The molecule has 0 saturated heterocycles. The van der Waals surface area contributed by atoms with E-state index in [2.05, 4.69) is 16.7 Å². The maximum Gasteiger partial charge on any atom is 0.123 e. The van der Waals surface area contributed by atoms with E-state index >= 15 is 0 Å². The average molecular weight is 268 g/mol. The first-order valence-corrected chi connectivity index (χ1v) is 6.83. The summed E-state index contributed by atoms with van der Waals surface area (Å²) >= 11 is 0. The monoisotopic (exact) mass is 268 g/mol. The van der Waals surface area contributed by atoms with Gasteiger partial charge in [-0.1, -0.05) is 6.92 Å². The van der Waals surface area contributed by atoms with Gasteiger partial charge >= 0.3 is 0 Å². The largest absolute Gasteiger partial charge is 0.389 e. The summed E-state index contributed by atoms with van der Waals surface area (Å²) in [5.74, 6) is -0.302. The van der Waals surface area contributed by atoms with Crippen molar-refractivity contribution < 1.29 is 9.50 Å².